The number of likely N-dealkylation sites (tertiary alicyclic amines) is 1. The molecular weight excluding hydrogens is 226 g/mol. The predicted octanol–water partition coefficient (Wildman–Crippen LogP) is 2.69. The fourth-order valence-corrected chi connectivity index (χ4v) is 2.61. The van der Waals surface area contributed by atoms with E-state index in [4.69, 9.17) is 5.11 Å². The highest BCUT2D eigenvalue weighted by Gasteiger charge is 2.31. The summed E-state index contributed by atoms with van der Waals surface area (Å²) < 4.78 is 0. The number of aliphatic carboxylic acids is 1. The molecule has 0 aliphatic carbocycles. The van der Waals surface area contributed by atoms with Gasteiger partial charge in [-0.2, -0.15) is 0 Å². The summed E-state index contributed by atoms with van der Waals surface area (Å²) in [5.74, 6) is -0.775. The molecule has 1 saturated heterocycles. The molecule has 0 amide bonds. The van der Waals surface area contributed by atoms with E-state index in [0.717, 1.165) is 18.7 Å². The Bertz CT molecular complexity index is 423. The molecule has 1 aromatic carbocycles. The minimum Gasteiger partial charge on any atom is -0.481 e. The van der Waals surface area contributed by atoms with Gasteiger partial charge in [0.25, 0.3) is 0 Å². The zero-order valence-electron chi connectivity index (χ0n) is 11.1. The van der Waals surface area contributed by atoms with Crippen LogP contribution >= 0.6 is 0 Å². The summed E-state index contributed by atoms with van der Waals surface area (Å²) in [7, 11) is 0. The van der Waals surface area contributed by atoms with Crippen molar-refractivity contribution >= 4 is 5.97 Å². The maximum Gasteiger partial charge on any atom is 0.307 e. The fourth-order valence-electron chi connectivity index (χ4n) is 2.61. The minimum absolute atomic E-state index is 0.107. The second-order valence-electron chi connectivity index (χ2n) is 5.72. The first kappa shape index (κ1) is 13.1. The number of benzene rings is 1. The van der Waals surface area contributed by atoms with E-state index in [-0.39, 0.29) is 6.42 Å². The average Bonchev–Trinajstić information content (AvgIpc) is 2.60. The van der Waals surface area contributed by atoms with Crippen molar-refractivity contribution in [3.8, 4) is 0 Å². The molecule has 0 spiro atoms. The van der Waals surface area contributed by atoms with E-state index >= 15 is 0 Å². The maximum absolute atomic E-state index is 10.6. The molecule has 3 nitrogen and oxygen atoms in total. The van der Waals surface area contributed by atoms with Gasteiger partial charge in [0.1, 0.15) is 0 Å². The van der Waals surface area contributed by atoms with Crippen LogP contribution in [-0.2, 0) is 17.8 Å². The first-order chi connectivity index (χ1) is 8.47. The maximum atomic E-state index is 10.6. The Labute approximate surface area is 108 Å². The van der Waals surface area contributed by atoms with E-state index in [2.05, 4.69) is 18.7 Å². The Kier molecular flexibility index (Phi) is 3.71. The summed E-state index contributed by atoms with van der Waals surface area (Å²) in [6, 6.07) is 7.94. The van der Waals surface area contributed by atoms with E-state index in [1.165, 1.54) is 18.4 Å². The normalized spacial score (nSPS) is 19.0. The van der Waals surface area contributed by atoms with Gasteiger partial charge >= 0.3 is 5.97 Å². The minimum atomic E-state index is -0.775. The molecule has 3 heteroatoms. The third-order valence-corrected chi connectivity index (χ3v) is 3.82. The lowest BCUT2D eigenvalue weighted by molar-refractivity contribution is -0.136. The van der Waals surface area contributed by atoms with Crippen molar-refractivity contribution in [3.05, 3.63) is 35.4 Å². The molecule has 1 N–H and O–H groups in total. The summed E-state index contributed by atoms with van der Waals surface area (Å²) in [5.41, 5.74) is 2.42. The summed E-state index contributed by atoms with van der Waals surface area (Å²) in [6.45, 7) is 6.70. The van der Waals surface area contributed by atoms with Crippen molar-refractivity contribution in [1.29, 1.82) is 0 Å². The Balaban J connectivity index is 2.00. The van der Waals surface area contributed by atoms with Crippen LogP contribution in [0.3, 0.4) is 0 Å². The molecule has 1 fully saturated rings. The lowest BCUT2D eigenvalue weighted by Gasteiger charge is -2.31. The summed E-state index contributed by atoms with van der Waals surface area (Å²) >= 11 is 0. The first-order valence-corrected chi connectivity index (χ1v) is 6.52. The molecule has 2 rings (SSSR count). The Morgan fingerprint density at radius 3 is 2.39 bits per heavy atom. The third kappa shape index (κ3) is 3.10. The number of carboxylic acids is 1. The molecule has 0 unspecified atom stereocenters. The van der Waals surface area contributed by atoms with E-state index in [0.29, 0.717) is 5.54 Å². The molecule has 1 aliphatic heterocycles. The second-order valence-corrected chi connectivity index (χ2v) is 5.72. The van der Waals surface area contributed by atoms with Gasteiger partial charge in [0, 0.05) is 12.1 Å². The summed E-state index contributed by atoms with van der Waals surface area (Å²) in [5, 5.41) is 8.73. The van der Waals surface area contributed by atoms with Gasteiger partial charge in [-0.3, -0.25) is 9.69 Å². The van der Waals surface area contributed by atoms with E-state index < -0.39 is 5.97 Å². The van der Waals surface area contributed by atoms with Gasteiger partial charge in [-0.05, 0) is 44.4 Å². The standard InChI is InChI=1S/C15H21NO2/c1-15(2)8-3-9-16(15)11-13-6-4-12(5-7-13)10-14(17)18/h4-7H,3,8-11H2,1-2H3,(H,17,18). The van der Waals surface area contributed by atoms with Gasteiger partial charge in [-0.25, -0.2) is 0 Å². The van der Waals surface area contributed by atoms with Crippen molar-refractivity contribution < 1.29 is 9.90 Å². The van der Waals surface area contributed by atoms with Gasteiger partial charge in [-0.15, -0.1) is 0 Å². The fraction of sp³-hybridized carbons (Fsp3) is 0.533. The molecule has 98 valence electrons. The smallest absolute Gasteiger partial charge is 0.307 e. The number of hydrogen-bond acceptors (Lipinski definition) is 2. The SMILES string of the molecule is CC1(C)CCCN1Cc1ccc(CC(=O)O)cc1. The van der Waals surface area contributed by atoms with Gasteiger partial charge in [0.05, 0.1) is 6.42 Å². The van der Waals surface area contributed by atoms with Crippen molar-refractivity contribution in [2.75, 3.05) is 6.54 Å². The van der Waals surface area contributed by atoms with Crippen molar-refractivity contribution in [3.63, 3.8) is 0 Å². The summed E-state index contributed by atoms with van der Waals surface area (Å²) in [4.78, 5) is 13.1. The van der Waals surface area contributed by atoms with Crippen molar-refractivity contribution in [2.45, 2.75) is 45.2 Å². The molecule has 0 bridgehead atoms. The molecule has 1 aromatic rings. The van der Waals surface area contributed by atoms with Crippen molar-refractivity contribution in [1.82, 2.24) is 4.90 Å². The Hall–Kier alpha value is -1.35. The van der Waals surface area contributed by atoms with E-state index in [9.17, 15) is 4.79 Å². The third-order valence-electron chi connectivity index (χ3n) is 3.82. The molecule has 0 radical (unpaired) electrons. The largest absolute Gasteiger partial charge is 0.481 e. The lowest BCUT2D eigenvalue weighted by atomic mass is 10.0. The predicted molar refractivity (Wildman–Crippen MR) is 71.5 cm³/mol. The van der Waals surface area contributed by atoms with E-state index in [1.807, 2.05) is 24.3 Å². The quantitative estimate of drug-likeness (QED) is 0.889. The molecule has 0 aromatic heterocycles. The van der Waals surface area contributed by atoms with Crippen LogP contribution in [0.25, 0.3) is 0 Å². The summed E-state index contributed by atoms with van der Waals surface area (Å²) in [6.07, 6.45) is 2.63. The molecule has 0 saturated carbocycles. The van der Waals surface area contributed by atoms with E-state index in [1.54, 1.807) is 0 Å². The topological polar surface area (TPSA) is 40.5 Å². The van der Waals surface area contributed by atoms with Crippen LogP contribution in [0, 0.1) is 0 Å². The number of hydrogen-bond donors (Lipinski definition) is 1. The number of carboxylic acid groups (broad SMARTS) is 1. The average molecular weight is 247 g/mol. The number of rotatable bonds is 4. The Morgan fingerprint density at radius 1 is 1.28 bits per heavy atom. The van der Waals surface area contributed by atoms with Crippen LogP contribution < -0.4 is 0 Å². The highest BCUT2D eigenvalue weighted by molar-refractivity contribution is 5.70. The first-order valence-electron chi connectivity index (χ1n) is 6.52. The zero-order valence-corrected chi connectivity index (χ0v) is 11.1. The Morgan fingerprint density at radius 2 is 1.89 bits per heavy atom. The van der Waals surface area contributed by atoms with Crippen LogP contribution in [-0.4, -0.2) is 28.1 Å². The van der Waals surface area contributed by atoms with Crippen molar-refractivity contribution in [2.24, 2.45) is 0 Å². The van der Waals surface area contributed by atoms with Crippen LogP contribution in [0.15, 0.2) is 24.3 Å². The zero-order chi connectivity index (χ0) is 13.2. The van der Waals surface area contributed by atoms with Crippen LogP contribution in [0.2, 0.25) is 0 Å². The molecule has 1 aliphatic rings. The van der Waals surface area contributed by atoms with Crippen LogP contribution in [0.1, 0.15) is 37.8 Å². The molecule has 0 atom stereocenters. The number of carbonyl (C=O) groups is 1. The molecule has 1 heterocycles. The highest BCUT2D eigenvalue weighted by Crippen LogP contribution is 2.29. The van der Waals surface area contributed by atoms with Crippen LogP contribution in [0.4, 0.5) is 0 Å². The molecular formula is C15H21NO2. The highest BCUT2D eigenvalue weighted by atomic mass is 16.4. The van der Waals surface area contributed by atoms with Gasteiger partial charge in [0.2, 0.25) is 0 Å². The van der Waals surface area contributed by atoms with Crippen LogP contribution in [0.5, 0.6) is 0 Å². The number of nitrogens with zero attached hydrogens (tertiary/aromatic N) is 1. The van der Waals surface area contributed by atoms with Gasteiger partial charge in [-0.1, -0.05) is 24.3 Å². The molecule has 18 heavy (non-hydrogen) atoms. The second kappa shape index (κ2) is 5.11. The van der Waals surface area contributed by atoms with Gasteiger partial charge in [0.15, 0.2) is 0 Å². The van der Waals surface area contributed by atoms with Gasteiger partial charge < -0.3 is 5.11 Å². The lowest BCUT2D eigenvalue weighted by Crippen LogP contribution is -2.37. The monoisotopic (exact) mass is 247 g/mol.